The van der Waals surface area contributed by atoms with Crippen molar-refractivity contribution in [1.29, 1.82) is 0 Å². The molecule has 0 spiro atoms. The van der Waals surface area contributed by atoms with Crippen LogP contribution in [0, 0.1) is 5.41 Å². The Bertz CT molecular complexity index is 350. The first-order valence-electron chi connectivity index (χ1n) is 4.85. The first kappa shape index (κ1) is 9.19. The van der Waals surface area contributed by atoms with Crippen LogP contribution in [0.15, 0.2) is 24.4 Å². The minimum Gasteiger partial charge on any atom is -0.481 e. The molecule has 1 heterocycles. The molecule has 2 atom stereocenters. The van der Waals surface area contributed by atoms with E-state index in [2.05, 4.69) is 4.98 Å². The normalized spacial score (nSPS) is 29.9. The fourth-order valence-corrected chi connectivity index (χ4v) is 2.05. The Morgan fingerprint density at radius 3 is 2.93 bits per heavy atom. The molecule has 1 unspecified atom stereocenters. The van der Waals surface area contributed by atoms with Crippen molar-refractivity contribution in [2.24, 2.45) is 5.41 Å². The molecular weight excluding hydrogens is 178 g/mol. The zero-order valence-corrected chi connectivity index (χ0v) is 8.10. The van der Waals surface area contributed by atoms with Gasteiger partial charge in [0.2, 0.25) is 0 Å². The number of aliphatic carboxylic acids is 1. The summed E-state index contributed by atoms with van der Waals surface area (Å²) in [6.07, 6.45) is 3.13. The average Bonchev–Trinajstić information content (AvgIpc) is 2.95. The summed E-state index contributed by atoms with van der Waals surface area (Å²) in [5.74, 6) is -0.568. The number of rotatable bonds is 3. The summed E-state index contributed by atoms with van der Waals surface area (Å²) in [6.45, 7) is 1.93. The van der Waals surface area contributed by atoms with Crippen molar-refractivity contribution in [2.75, 3.05) is 0 Å². The van der Waals surface area contributed by atoms with E-state index in [4.69, 9.17) is 5.11 Å². The molecule has 1 aliphatic rings. The van der Waals surface area contributed by atoms with Crippen LogP contribution in [-0.2, 0) is 4.79 Å². The van der Waals surface area contributed by atoms with Gasteiger partial charge in [-0.2, -0.15) is 0 Å². The van der Waals surface area contributed by atoms with Gasteiger partial charge in [-0.25, -0.2) is 0 Å². The quantitative estimate of drug-likeness (QED) is 0.795. The SMILES string of the molecule is CC[C@]1(C(=O)O)CC1c1ccccn1. The smallest absolute Gasteiger partial charge is 0.310 e. The Morgan fingerprint density at radius 1 is 1.71 bits per heavy atom. The van der Waals surface area contributed by atoms with E-state index in [0.717, 1.165) is 12.1 Å². The molecule has 0 amide bonds. The first-order valence-corrected chi connectivity index (χ1v) is 4.85. The van der Waals surface area contributed by atoms with Crippen LogP contribution < -0.4 is 0 Å². The second kappa shape index (κ2) is 3.08. The minimum atomic E-state index is -0.685. The van der Waals surface area contributed by atoms with Gasteiger partial charge in [0.15, 0.2) is 0 Å². The highest BCUT2D eigenvalue weighted by Crippen LogP contribution is 2.61. The van der Waals surface area contributed by atoms with Crippen molar-refractivity contribution < 1.29 is 9.90 Å². The Balaban J connectivity index is 2.22. The molecule has 14 heavy (non-hydrogen) atoms. The minimum absolute atomic E-state index is 0.117. The van der Waals surface area contributed by atoms with Gasteiger partial charge in [-0.1, -0.05) is 13.0 Å². The number of nitrogens with zero attached hydrogens (tertiary/aromatic N) is 1. The lowest BCUT2D eigenvalue weighted by Crippen LogP contribution is -2.16. The van der Waals surface area contributed by atoms with Crippen LogP contribution in [0.4, 0.5) is 0 Å². The Hall–Kier alpha value is -1.38. The molecule has 2 rings (SSSR count). The zero-order chi connectivity index (χ0) is 10.2. The average molecular weight is 191 g/mol. The van der Waals surface area contributed by atoms with Crippen LogP contribution in [0.1, 0.15) is 31.4 Å². The van der Waals surface area contributed by atoms with Gasteiger partial charge in [-0.3, -0.25) is 9.78 Å². The highest BCUT2D eigenvalue weighted by molar-refractivity contribution is 5.80. The van der Waals surface area contributed by atoms with Crippen molar-refractivity contribution >= 4 is 5.97 Å². The van der Waals surface area contributed by atoms with Gasteiger partial charge >= 0.3 is 5.97 Å². The van der Waals surface area contributed by atoms with Crippen molar-refractivity contribution in [3.63, 3.8) is 0 Å². The molecule has 1 fully saturated rings. The lowest BCUT2D eigenvalue weighted by molar-refractivity contribution is -0.143. The van der Waals surface area contributed by atoms with Gasteiger partial charge in [0.25, 0.3) is 0 Å². The molecule has 0 bridgehead atoms. The summed E-state index contributed by atoms with van der Waals surface area (Å²) in [5, 5.41) is 9.11. The van der Waals surface area contributed by atoms with Crippen LogP contribution in [0.3, 0.4) is 0 Å². The molecule has 1 aromatic heterocycles. The van der Waals surface area contributed by atoms with Crippen molar-refractivity contribution in [3.05, 3.63) is 30.1 Å². The summed E-state index contributed by atoms with van der Waals surface area (Å²) < 4.78 is 0. The fourth-order valence-electron chi connectivity index (χ4n) is 2.05. The molecule has 0 aromatic carbocycles. The summed E-state index contributed by atoms with van der Waals surface area (Å²) in [4.78, 5) is 15.3. The number of hydrogen-bond acceptors (Lipinski definition) is 2. The monoisotopic (exact) mass is 191 g/mol. The van der Waals surface area contributed by atoms with Crippen LogP contribution in [0.25, 0.3) is 0 Å². The highest BCUT2D eigenvalue weighted by Gasteiger charge is 2.60. The maximum Gasteiger partial charge on any atom is 0.310 e. The fraction of sp³-hybridized carbons (Fsp3) is 0.455. The molecule has 1 N–H and O–H groups in total. The summed E-state index contributed by atoms with van der Waals surface area (Å²) in [6, 6.07) is 5.66. The lowest BCUT2D eigenvalue weighted by Gasteiger charge is -2.07. The van der Waals surface area contributed by atoms with Crippen LogP contribution >= 0.6 is 0 Å². The van der Waals surface area contributed by atoms with Gasteiger partial charge in [-0.05, 0) is 25.0 Å². The predicted octanol–water partition coefficient (Wildman–Crippen LogP) is 2.05. The second-order valence-corrected chi connectivity index (χ2v) is 3.83. The van der Waals surface area contributed by atoms with E-state index in [1.54, 1.807) is 6.20 Å². The molecule has 1 saturated carbocycles. The van der Waals surface area contributed by atoms with Gasteiger partial charge < -0.3 is 5.11 Å². The van der Waals surface area contributed by atoms with E-state index in [1.165, 1.54) is 0 Å². The lowest BCUT2D eigenvalue weighted by atomic mass is 9.99. The van der Waals surface area contributed by atoms with Crippen molar-refractivity contribution in [1.82, 2.24) is 4.98 Å². The number of pyridine rings is 1. The van der Waals surface area contributed by atoms with E-state index in [0.29, 0.717) is 6.42 Å². The van der Waals surface area contributed by atoms with Crippen LogP contribution in [-0.4, -0.2) is 16.1 Å². The first-order chi connectivity index (χ1) is 6.70. The summed E-state index contributed by atoms with van der Waals surface area (Å²) in [7, 11) is 0. The largest absolute Gasteiger partial charge is 0.481 e. The second-order valence-electron chi connectivity index (χ2n) is 3.83. The standard InChI is InChI=1S/C11H13NO2/c1-2-11(10(13)14)7-8(11)9-5-3-4-6-12-9/h3-6,8H,2,7H2,1H3,(H,13,14)/t8?,11-/m0/s1. The molecule has 1 aliphatic carbocycles. The Labute approximate surface area is 82.8 Å². The Morgan fingerprint density at radius 2 is 2.50 bits per heavy atom. The number of carboxylic acid groups (broad SMARTS) is 1. The van der Waals surface area contributed by atoms with E-state index in [-0.39, 0.29) is 5.92 Å². The third kappa shape index (κ3) is 1.20. The zero-order valence-electron chi connectivity index (χ0n) is 8.10. The van der Waals surface area contributed by atoms with E-state index < -0.39 is 11.4 Å². The van der Waals surface area contributed by atoms with Gasteiger partial charge in [0.1, 0.15) is 0 Å². The van der Waals surface area contributed by atoms with E-state index in [1.807, 2.05) is 25.1 Å². The number of carbonyl (C=O) groups is 1. The number of carboxylic acids is 1. The molecule has 1 aromatic rings. The third-order valence-electron chi connectivity index (χ3n) is 3.18. The van der Waals surface area contributed by atoms with E-state index >= 15 is 0 Å². The third-order valence-corrected chi connectivity index (χ3v) is 3.18. The molecule has 3 nitrogen and oxygen atoms in total. The molecule has 0 radical (unpaired) electrons. The van der Waals surface area contributed by atoms with Crippen molar-refractivity contribution in [2.45, 2.75) is 25.7 Å². The number of aromatic nitrogens is 1. The summed E-state index contributed by atoms with van der Waals surface area (Å²) in [5.41, 5.74) is 0.380. The molecule has 74 valence electrons. The van der Waals surface area contributed by atoms with Crippen LogP contribution in [0.2, 0.25) is 0 Å². The van der Waals surface area contributed by atoms with Gasteiger partial charge in [0, 0.05) is 17.8 Å². The molecule has 0 saturated heterocycles. The van der Waals surface area contributed by atoms with E-state index in [9.17, 15) is 4.79 Å². The molecule has 0 aliphatic heterocycles. The Kier molecular flexibility index (Phi) is 2.02. The van der Waals surface area contributed by atoms with Gasteiger partial charge in [0.05, 0.1) is 5.41 Å². The maximum absolute atomic E-state index is 11.1. The maximum atomic E-state index is 11.1. The topological polar surface area (TPSA) is 50.2 Å². The summed E-state index contributed by atoms with van der Waals surface area (Å²) >= 11 is 0. The number of hydrogen-bond donors (Lipinski definition) is 1. The predicted molar refractivity (Wildman–Crippen MR) is 52.0 cm³/mol. The van der Waals surface area contributed by atoms with Crippen molar-refractivity contribution in [3.8, 4) is 0 Å². The van der Waals surface area contributed by atoms with Gasteiger partial charge in [-0.15, -0.1) is 0 Å². The highest BCUT2D eigenvalue weighted by atomic mass is 16.4. The van der Waals surface area contributed by atoms with Crippen LogP contribution in [0.5, 0.6) is 0 Å². The molecule has 3 heteroatoms. The molecular formula is C11H13NO2.